The van der Waals surface area contributed by atoms with E-state index in [4.69, 9.17) is 4.74 Å². The summed E-state index contributed by atoms with van der Waals surface area (Å²) in [7, 11) is 1.75. The molecule has 0 amide bonds. The quantitative estimate of drug-likeness (QED) is 0.401. The molecule has 4 rings (SSSR count). The van der Waals surface area contributed by atoms with Crippen LogP contribution < -0.4 is 15.4 Å². The average Bonchev–Trinajstić information content (AvgIpc) is 2.79. The third-order valence-electron chi connectivity index (χ3n) is 6.54. The van der Waals surface area contributed by atoms with Gasteiger partial charge in [0.2, 0.25) is 0 Å². The Morgan fingerprint density at radius 2 is 1.58 bits per heavy atom. The Kier molecular flexibility index (Phi) is 7.84. The first-order valence-electron chi connectivity index (χ1n) is 11.9. The van der Waals surface area contributed by atoms with Gasteiger partial charge >= 0.3 is 0 Å². The summed E-state index contributed by atoms with van der Waals surface area (Å²) in [6.07, 6.45) is 10.6. The molecule has 0 saturated heterocycles. The fourth-order valence-corrected chi connectivity index (χ4v) is 4.74. The normalized spacial score (nSPS) is 15.4. The van der Waals surface area contributed by atoms with E-state index in [1.165, 1.54) is 72.5 Å². The zero-order valence-electron chi connectivity index (χ0n) is 18.8. The zero-order chi connectivity index (χ0) is 21.3. The number of rotatable bonds is 8. The van der Waals surface area contributed by atoms with E-state index < -0.39 is 0 Å². The van der Waals surface area contributed by atoms with E-state index in [1.54, 1.807) is 7.11 Å². The van der Waals surface area contributed by atoms with Crippen LogP contribution in [0, 0.1) is 0 Å². The van der Waals surface area contributed by atoms with Crippen LogP contribution in [-0.2, 0) is 13.0 Å². The highest BCUT2D eigenvalue weighted by molar-refractivity contribution is 5.87. The molecule has 0 radical (unpaired) electrons. The maximum atomic E-state index is 5.61. The topological polar surface area (TPSA) is 33.3 Å². The van der Waals surface area contributed by atoms with Crippen molar-refractivity contribution in [2.45, 2.75) is 64.0 Å². The van der Waals surface area contributed by atoms with Crippen LogP contribution in [0.1, 0.15) is 56.1 Å². The van der Waals surface area contributed by atoms with Crippen molar-refractivity contribution in [2.75, 3.05) is 19.0 Å². The van der Waals surface area contributed by atoms with Gasteiger partial charge in [-0.2, -0.15) is 0 Å². The number of ether oxygens (including phenoxy) is 1. The minimum Gasteiger partial charge on any atom is -0.496 e. The Hall–Kier alpha value is -2.52. The molecule has 3 aromatic rings. The van der Waals surface area contributed by atoms with Crippen LogP contribution in [0.4, 0.5) is 5.69 Å². The maximum Gasteiger partial charge on any atom is 0.123 e. The third-order valence-corrected chi connectivity index (χ3v) is 6.54. The lowest BCUT2D eigenvalue weighted by atomic mass is 9.96. The first-order chi connectivity index (χ1) is 15.3. The van der Waals surface area contributed by atoms with Gasteiger partial charge in [-0.05, 0) is 60.3 Å². The lowest BCUT2D eigenvalue weighted by Crippen LogP contribution is -2.20. The van der Waals surface area contributed by atoms with E-state index in [0.717, 1.165) is 25.3 Å². The molecule has 0 heterocycles. The smallest absolute Gasteiger partial charge is 0.123 e. The molecule has 31 heavy (non-hydrogen) atoms. The first-order valence-corrected chi connectivity index (χ1v) is 11.9. The van der Waals surface area contributed by atoms with Crippen molar-refractivity contribution in [1.29, 1.82) is 0 Å². The average molecular weight is 417 g/mol. The highest BCUT2D eigenvalue weighted by Gasteiger charge is 2.11. The lowest BCUT2D eigenvalue weighted by molar-refractivity contribution is 0.409. The Balaban J connectivity index is 1.28. The van der Waals surface area contributed by atoms with Crippen molar-refractivity contribution < 1.29 is 4.74 Å². The van der Waals surface area contributed by atoms with Gasteiger partial charge in [0.1, 0.15) is 5.75 Å². The number of anilines is 1. The Bertz CT molecular complexity index is 943. The summed E-state index contributed by atoms with van der Waals surface area (Å²) in [6, 6.07) is 22.4. The van der Waals surface area contributed by atoms with Crippen LogP contribution in [-0.4, -0.2) is 19.7 Å². The van der Waals surface area contributed by atoms with Crippen molar-refractivity contribution in [1.82, 2.24) is 5.32 Å². The van der Waals surface area contributed by atoms with E-state index in [1.807, 2.05) is 0 Å². The monoisotopic (exact) mass is 416 g/mol. The number of fused-ring (bicyclic) bond motifs is 1. The van der Waals surface area contributed by atoms with Crippen molar-refractivity contribution in [2.24, 2.45) is 0 Å². The van der Waals surface area contributed by atoms with Gasteiger partial charge in [0.05, 0.1) is 7.11 Å². The molecule has 1 saturated carbocycles. The molecule has 1 aliphatic carbocycles. The fraction of sp³-hybridized carbons (Fsp3) is 0.429. The van der Waals surface area contributed by atoms with Gasteiger partial charge in [-0.25, -0.2) is 0 Å². The second kappa shape index (κ2) is 11.2. The summed E-state index contributed by atoms with van der Waals surface area (Å²) < 4.78 is 5.61. The fourth-order valence-electron chi connectivity index (χ4n) is 4.74. The van der Waals surface area contributed by atoms with E-state index in [0.29, 0.717) is 6.04 Å². The lowest BCUT2D eigenvalue weighted by Gasteiger charge is -2.22. The van der Waals surface area contributed by atoms with Gasteiger partial charge in [0, 0.05) is 23.8 Å². The Morgan fingerprint density at radius 3 is 2.35 bits per heavy atom. The minimum atomic E-state index is 0.642. The second-order valence-electron chi connectivity index (χ2n) is 8.78. The molecule has 1 fully saturated rings. The van der Waals surface area contributed by atoms with Gasteiger partial charge in [0.25, 0.3) is 0 Å². The molecular weight excluding hydrogens is 380 g/mol. The predicted octanol–water partition coefficient (Wildman–Crippen LogP) is 6.71. The van der Waals surface area contributed by atoms with Gasteiger partial charge in [0.15, 0.2) is 0 Å². The van der Waals surface area contributed by atoms with Crippen molar-refractivity contribution in [3.8, 4) is 5.75 Å². The molecule has 2 N–H and O–H groups in total. The number of nitrogens with one attached hydrogen (secondary N) is 2. The molecule has 0 aromatic heterocycles. The van der Waals surface area contributed by atoms with Crippen molar-refractivity contribution in [3.05, 3.63) is 71.8 Å². The molecule has 0 atom stereocenters. The first kappa shape index (κ1) is 21.7. The van der Waals surface area contributed by atoms with Gasteiger partial charge < -0.3 is 15.4 Å². The minimum absolute atomic E-state index is 0.642. The second-order valence-corrected chi connectivity index (χ2v) is 8.78. The van der Waals surface area contributed by atoms with Crippen LogP contribution >= 0.6 is 0 Å². The number of hydrogen-bond acceptors (Lipinski definition) is 3. The molecule has 164 valence electrons. The molecule has 0 unspecified atom stereocenters. The van der Waals surface area contributed by atoms with E-state index in [9.17, 15) is 0 Å². The third kappa shape index (κ3) is 6.01. The molecular formula is C28H36N2O. The summed E-state index contributed by atoms with van der Waals surface area (Å²) >= 11 is 0. The Labute approximate surface area is 187 Å². The maximum absolute atomic E-state index is 5.61. The van der Waals surface area contributed by atoms with Gasteiger partial charge in [-0.3, -0.25) is 0 Å². The largest absolute Gasteiger partial charge is 0.496 e. The number of methoxy groups -OCH3 is 1. The predicted molar refractivity (Wildman–Crippen MR) is 132 cm³/mol. The molecule has 3 aromatic carbocycles. The van der Waals surface area contributed by atoms with Crippen molar-refractivity contribution in [3.63, 3.8) is 0 Å². The van der Waals surface area contributed by atoms with Crippen LogP contribution in [0.3, 0.4) is 0 Å². The molecule has 0 aliphatic heterocycles. The highest BCUT2D eigenvalue weighted by atomic mass is 16.5. The van der Waals surface area contributed by atoms with Crippen LogP contribution in [0.15, 0.2) is 60.7 Å². The molecule has 0 spiro atoms. The standard InChI is InChI=1S/C28H36N2O/c1-31-28-18-15-23-9-7-8-12-26(23)27(28)21-29-20-19-22-13-16-25(17-14-22)30-24-10-5-3-2-4-6-11-24/h7-9,12-18,24,29-30H,2-6,10-11,19-21H2,1H3. The highest BCUT2D eigenvalue weighted by Crippen LogP contribution is 2.28. The molecule has 3 heteroatoms. The van der Waals surface area contributed by atoms with E-state index in [2.05, 4.69) is 71.3 Å². The van der Waals surface area contributed by atoms with Crippen LogP contribution in [0.5, 0.6) is 5.75 Å². The van der Waals surface area contributed by atoms with Crippen LogP contribution in [0.2, 0.25) is 0 Å². The van der Waals surface area contributed by atoms with E-state index in [-0.39, 0.29) is 0 Å². The summed E-state index contributed by atoms with van der Waals surface area (Å²) in [4.78, 5) is 0. The summed E-state index contributed by atoms with van der Waals surface area (Å²) in [6.45, 7) is 1.76. The number of benzene rings is 3. The van der Waals surface area contributed by atoms with Crippen LogP contribution in [0.25, 0.3) is 10.8 Å². The summed E-state index contributed by atoms with van der Waals surface area (Å²) in [5.74, 6) is 0.954. The summed E-state index contributed by atoms with van der Waals surface area (Å²) in [5, 5.41) is 9.90. The summed E-state index contributed by atoms with van der Waals surface area (Å²) in [5.41, 5.74) is 3.88. The van der Waals surface area contributed by atoms with Gasteiger partial charge in [-0.15, -0.1) is 0 Å². The number of hydrogen-bond donors (Lipinski definition) is 2. The van der Waals surface area contributed by atoms with Crippen molar-refractivity contribution >= 4 is 16.5 Å². The van der Waals surface area contributed by atoms with Gasteiger partial charge in [-0.1, -0.05) is 74.6 Å². The molecule has 1 aliphatic rings. The molecule has 3 nitrogen and oxygen atoms in total. The Morgan fingerprint density at radius 1 is 0.839 bits per heavy atom. The zero-order valence-corrected chi connectivity index (χ0v) is 18.8. The van der Waals surface area contributed by atoms with E-state index >= 15 is 0 Å². The SMILES string of the molecule is COc1ccc2ccccc2c1CNCCc1ccc(NC2CCCCCCC2)cc1. The molecule has 0 bridgehead atoms.